The average Bonchev–Trinajstić information content (AvgIpc) is 2.51. The zero-order valence-corrected chi connectivity index (χ0v) is 14.5. The summed E-state index contributed by atoms with van der Waals surface area (Å²) >= 11 is 0. The average molecular weight is 324 g/mol. The Morgan fingerprint density at radius 1 is 1.35 bits per heavy atom. The number of halogens is 1. The Balaban J connectivity index is 1.99. The number of benzene rings is 1. The van der Waals surface area contributed by atoms with E-state index >= 15 is 0 Å². The van der Waals surface area contributed by atoms with Gasteiger partial charge in [-0.1, -0.05) is 19.9 Å². The fraction of sp³-hybridized carbons (Fsp3) is 0.667. The minimum Gasteiger partial charge on any atom is -0.497 e. The number of aliphatic hydroxyl groups excluding tert-OH is 1. The molecule has 0 aliphatic carbocycles. The first-order valence-corrected chi connectivity index (χ1v) is 8.43. The van der Waals surface area contributed by atoms with Crippen molar-refractivity contribution in [2.75, 3.05) is 39.9 Å². The number of ether oxygens (including phenoxy) is 1. The van der Waals surface area contributed by atoms with E-state index in [0.717, 1.165) is 32.6 Å². The molecule has 1 aliphatic heterocycles. The van der Waals surface area contributed by atoms with Crippen LogP contribution in [0, 0.1) is 11.7 Å². The highest BCUT2D eigenvalue weighted by atomic mass is 19.1. The zero-order valence-electron chi connectivity index (χ0n) is 14.5. The highest BCUT2D eigenvalue weighted by Gasteiger charge is 2.27. The van der Waals surface area contributed by atoms with Crippen LogP contribution in [0.4, 0.5) is 4.39 Å². The molecule has 23 heavy (non-hydrogen) atoms. The lowest BCUT2D eigenvalue weighted by Gasteiger charge is -2.42. The lowest BCUT2D eigenvalue weighted by molar-refractivity contribution is 0.0472. The third-order valence-electron chi connectivity index (χ3n) is 4.40. The molecule has 0 amide bonds. The van der Waals surface area contributed by atoms with Crippen LogP contribution in [0.15, 0.2) is 18.2 Å². The van der Waals surface area contributed by atoms with Crippen molar-refractivity contribution in [3.05, 3.63) is 29.6 Å². The van der Waals surface area contributed by atoms with Gasteiger partial charge in [0, 0.05) is 57.0 Å². The molecular formula is C18H29FN2O2. The summed E-state index contributed by atoms with van der Waals surface area (Å²) in [5, 5.41) is 9.33. The molecule has 1 atom stereocenters. The molecule has 4 nitrogen and oxygen atoms in total. The summed E-state index contributed by atoms with van der Waals surface area (Å²) in [6.45, 7) is 9.07. The highest BCUT2D eigenvalue weighted by Crippen LogP contribution is 2.21. The fourth-order valence-electron chi connectivity index (χ4n) is 3.26. The van der Waals surface area contributed by atoms with E-state index in [1.54, 1.807) is 19.2 Å². The van der Waals surface area contributed by atoms with Crippen molar-refractivity contribution in [3.63, 3.8) is 0 Å². The van der Waals surface area contributed by atoms with Gasteiger partial charge in [0.2, 0.25) is 0 Å². The third kappa shape index (κ3) is 5.16. The minimum atomic E-state index is -0.215. The molecule has 1 aromatic carbocycles. The first kappa shape index (κ1) is 18.2. The Morgan fingerprint density at radius 3 is 2.74 bits per heavy atom. The second-order valence-corrected chi connectivity index (χ2v) is 6.75. The molecule has 0 spiro atoms. The molecule has 5 heteroatoms. The smallest absolute Gasteiger partial charge is 0.131 e. The monoisotopic (exact) mass is 324 g/mol. The van der Waals surface area contributed by atoms with Crippen LogP contribution in [0.1, 0.15) is 25.8 Å². The van der Waals surface area contributed by atoms with Gasteiger partial charge < -0.3 is 9.84 Å². The predicted octanol–water partition coefficient (Wildman–Crippen LogP) is 2.36. The molecule has 0 radical (unpaired) electrons. The second-order valence-electron chi connectivity index (χ2n) is 6.75. The molecule has 0 bridgehead atoms. The van der Waals surface area contributed by atoms with Crippen LogP contribution in [0.3, 0.4) is 0 Å². The van der Waals surface area contributed by atoms with Gasteiger partial charge in [0.15, 0.2) is 0 Å². The van der Waals surface area contributed by atoms with Gasteiger partial charge in [-0.15, -0.1) is 0 Å². The van der Waals surface area contributed by atoms with E-state index in [1.165, 1.54) is 6.07 Å². The second kappa shape index (κ2) is 8.62. The van der Waals surface area contributed by atoms with Crippen LogP contribution >= 0.6 is 0 Å². The summed E-state index contributed by atoms with van der Waals surface area (Å²) in [4.78, 5) is 4.74. The van der Waals surface area contributed by atoms with Crippen LogP contribution < -0.4 is 4.74 Å². The van der Waals surface area contributed by atoms with Crippen molar-refractivity contribution in [2.24, 2.45) is 5.92 Å². The third-order valence-corrected chi connectivity index (χ3v) is 4.40. The maximum absolute atomic E-state index is 14.1. The van der Waals surface area contributed by atoms with Gasteiger partial charge >= 0.3 is 0 Å². The van der Waals surface area contributed by atoms with Gasteiger partial charge in [0.05, 0.1) is 7.11 Å². The number of hydrogen-bond acceptors (Lipinski definition) is 4. The first-order chi connectivity index (χ1) is 11.0. The van der Waals surface area contributed by atoms with E-state index in [2.05, 4.69) is 23.6 Å². The number of methoxy groups -OCH3 is 1. The maximum atomic E-state index is 14.1. The lowest BCUT2D eigenvalue weighted by atomic mass is 10.1. The molecule has 1 aromatic rings. The molecule has 0 aromatic heterocycles. The Bertz CT molecular complexity index is 496. The van der Waals surface area contributed by atoms with E-state index in [9.17, 15) is 9.50 Å². The lowest BCUT2D eigenvalue weighted by Crippen LogP contribution is -2.53. The fourth-order valence-corrected chi connectivity index (χ4v) is 3.26. The van der Waals surface area contributed by atoms with Gasteiger partial charge in [-0.25, -0.2) is 4.39 Å². The van der Waals surface area contributed by atoms with E-state index in [-0.39, 0.29) is 12.4 Å². The van der Waals surface area contributed by atoms with Gasteiger partial charge in [-0.3, -0.25) is 9.80 Å². The van der Waals surface area contributed by atoms with Crippen molar-refractivity contribution < 1.29 is 14.2 Å². The van der Waals surface area contributed by atoms with Crippen LogP contribution in [0.25, 0.3) is 0 Å². The van der Waals surface area contributed by atoms with Crippen LogP contribution in [0.5, 0.6) is 5.75 Å². The molecule has 130 valence electrons. The van der Waals surface area contributed by atoms with E-state index in [1.807, 2.05) is 0 Å². The SMILES string of the molecule is COc1ccc(CN2CCN(CC(C)C)C(CCO)C2)c(F)c1. The molecule has 1 saturated heterocycles. The van der Waals surface area contributed by atoms with Crippen LogP contribution in [0.2, 0.25) is 0 Å². The molecule has 1 unspecified atom stereocenters. The number of rotatable bonds is 7. The van der Waals surface area contributed by atoms with Crippen molar-refractivity contribution in [1.29, 1.82) is 0 Å². The van der Waals surface area contributed by atoms with Gasteiger partial charge in [0.1, 0.15) is 11.6 Å². The first-order valence-electron chi connectivity index (χ1n) is 8.43. The van der Waals surface area contributed by atoms with Crippen molar-refractivity contribution in [1.82, 2.24) is 9.80 Å². The summed E-state index contributed by atoms with van der Waals surface area (Å²) in [7, 11) is 1.54. The van der Waals surface area contributed by atoms with Crippen molar-refractivity contribution >= 4 is 0 Å². The maximum Gasteiger partial charge on any atom is 0.131 e. The van der Waals surface area contributed by atoms with Gasteiger partial charge in [0.25, 0.3) is 0 Å². The summed E-state index contributed by atoms with van der Waals surface area (Å²) in [6, 6.07) is 5.39. The Kier molecular flexibility index (Phi) is 6.81. The molecule has 0 saturated carbocycles. The normalized spacial score (nSPS) is 20.2. The summed E-state index contributed by atoms with van der Waals surface area (Å²) in [5.74, 6) is 0.945. The number of piperazine rings is 1. The molecule has 1 fully saturated rings. The van der Waals surface area contributed by atoms with Crippen molar-refractivity contribution in [3.8, 4) is 5.75 Å². The quantitative estimate of drug-likeness (QED) is 0.835. The summed E-state index contributed by atoms with van der Waals surface area (Å²) in [6.07, 6.45) is 0.772. The minimum absolute atomic E-state index is 0.198. The highest BCUT2D eigenvalue weighted by molar-refractivity contribution is 5.28. The molecule has 1 aliphatic rings. The molecule has 2 rings (SSSR count). The Hall–Kier alpha value is -1.17. The molecule has 1 heterocycles. The van der Waals surface area contributed by atoms with Gasteiger partial charge in [-0.2, -0.15) is 0 Å². The summed E-state index contributed by atoms with van der Waals surface area (Å²) in [5.41, 5.74) is 0.700. The standard InChI is InChI=1S/C18H29FN2O2/c1-14(2)11-21-8-7-20(13-16(21)6-9-22)12-15-4-5-17(23-3)10-18(15)19/h4-5,10,14,16,22H,6-9,11-13H2,1-3H3. The van der Waals surface area contributed by atoms with E-state index in [4.69, 9.17) is 4.74 Å². The van der Waals surface area contributed by atoms with E-state index in [0.29, 0.717) is 29.8 Å². The van der Waals surface area contributed by atoms with E-state index < -0.39 is 0 Å². The topological polar surface area (TPSA) is 35.9 Å². The molecular weight excluding hydrogens is 295 g/mol. The largest absolute Gasteiger partial charge is 0.497 e. The zero-order chi connectivity index (χ0) is 16.8. The molecule has 1 N–H and O–H groups in total. The number of hydrogen-bond donors (Lipinski definition) is 1. The van der Waals surface area contributed by atoms with Crippen molar-refractivity contribution in [2.45, 2.75) is 32.9 Å². The predicted molar refractivity (Wildman–Crippen MR) is 90.1 cm³/mol. The number of aliphatic hydroxyl groups is 1. The Morgan fingerprint density at radius 2 is 2.13 bits per heavy atom. The Labute approximate surface area is 138 Å². The van der Waals surface area contributed by atoms with Crippen LogP contribution in [-0.2, 0) is 6.54 Å². The summed E-state index contributed by atoms with van der Waals surface area (Å²) < 4.78 is 19.2. The van der Waals surface area contributed by atoms with Crippen LogP contribution in [-0.4, -0.2) is 60.8 Å². The van der Waals surface area contributed by atoms with Gasteiger partial charge in [-0.05, 0) is 18.4 Å². The number of nitrogens with zero attached hydrogens (tertiary/aromatic N) is 2.